The average molecular weight is 269 g/mol. The number of hydrogen-bond acceptors (Lipinski definition) is 2. The lowest BCUT2D eigenvalue weighted by atomic mass is 10.1. The fourth-order valence-corrected chi connectivity index (χ4v) is 1.57. The summed E-state index contributed by atoms with van der Waals surface area (Å²) in [5.74, 6) is -0.147. The van der Waals surface area contributed by atoms with Crippen LogP contribution in [0.3, 0.4) is 0 Å². The van der Waals surface area contributed by atoms with E-state index >= 15 is 0 Å². The Morgan fingerprint density at radius 3 is 2.44 bits per heavy atom. The van der Waals surface area contributed by atoms with Crippen molar-refractivity contribution in [2.24, 2.45) is 0 Å². The highest BCUT2D eigenvalue weighted by molar-refractivity contribution is 6.19. The van der Waals surface area contributed by atoms with Crippen molar-refractivity contribution in [2.75, 3.05) is 12.9 Å². The van der Waals surface area contributed by atoms with E-state index in [0.717, 1.165) is 5.56 Å². The summed E-state index contributed by atoms with van der Waals surface area (Å²) >= 11 is 5.42. The zero-order valence-electron chi connectivity index (χ0n) is 10.6. The third kappa shape index (κ3) is 4.75. The first kappa shape index (κ1) is 14.5. The minimum absolute atomic E-state index is 0.145. The number of rotatable bonds is 4. The second-order valence-corrected chi connectivity index (χ2v) is 4.51. The van der Waals surface area contributed by atoms with E-state index in [2.05, 4.69) is 5.32 Å². The lowest BCUT2D eigenvalue weighted by Gasteiger charge is -2.17. The molecule has 1 N–H and O–H groups in total. The molecular formula is C13H17ClN2O2. The van der Waals surface area contributed by atoms with Crippen molar-refractivity contribution in [3.63, 3.8) is 0 Å². The van der Waals surface area contributed by atoms with Gasteiger partial charge in [0.25, 0.3) is 0 Å². The van der Waals surface area contributed by atoms with E-state index in [1.165, 1.54) is 10.5 Å². The molecule has 1 aromatic rings. The first-order chi connectivity index (χ1) is 8.52. The first-order valence-electron chi connectivity index (χ1n) is 5.69. The molecule has 0 aliphatic rings. The van der Waals surface area contributed by atoms with Crippen LogP contribution in [0.2, 0.25) is 0 Å². The molecular weight excluding hydrogens is 252 g/mol. The molecule has 5 heteroatoms. The van der Waals surface area contributed by atoms with Gasteiger partial charge in [0.1, 0.15) is 0 Å². The molecule has 0 aliphatic carbocycles. The van der Waals surface area contributed by atoms with Crippen LogP contribution in [0.15, 0.2) is 24.3 Å². The first-order valence-corrected chi connectivity index (χ1v) is 6.23. The summed E-state index contributed by atoms with van der Waals surface area (Å²) < 4.78 is 0. The van der Waals surface area contributed by atoms with E-state index < -0.39 is 6.03 Å². The molecule has 1 rings (SSSR count). The number of hydrogen-bond donors (Lipinski definition) is 1. The largest absolute Gasteiger partial charge is 0.324 e. The van der Waals surface area contributed by atoms with Crippen LogP contribution in [0.4, 0.5) is 4.79 Å². The van der Waals surface area contributed by atoms with Crippen molar-refractivity contribution in [2.45, 2.75) is 19.9 Å². The van der Waals surface area contributed by atoms with Crippen molar-refractivity contribution in [1.29, 1.82) is 0 Å². The van der Waals surface area contributed by atoms with Gasteiger partial charge < -0.3 is 4.90 Å². The van der Waals surface area contributed by atoms with E-state index in [9.17, 15) is 9.59 Å². The Labute approximate surface area is 112 Å². The zero-order chi connectivity index (χ0) is 13.5. The van der Waals surface area contributed by atoms with Gasteiger partial charge >= 0.3 is 6.03 Å². The lowest BCUT2D eigenvalue weighted by molar-refractivity contribution is -0.119. The van der Waals surface area contributed by atoms with Gasteiger partial charge in [-0.15, -0.1) is 11.6 Å². The maximum absolute atomic E-state index is 11.7. The number of amides is 3. The molecule has 0 bridgehead atoms. The molecule has 0 aromatic heterocycles. The zero-order valence-corrected chi connectivity index (χ0v) is 11.3. The minimum atomic E-state index is -0.411. The average Bonchev–Trinajstić information content (AvgIpc) is 2.32. The number of aryl methyl sites for hydroxylation is 1. The third-order valence-corrected chi connectivity index (χ3v) is 2.64. The molecule has 0 aliphatic heterocycles. The Morgan fingerprint density at radius 1 is 1.28 bits per heavy atom. The van der Waals surface area contributed by atoms with Gasteiger partial charge in [-0.2, -0.15) is 0 Å². The summed E-state index contributed by atoms with van der Waals surface area (Å²) in [5.41, 5.74) is 2.19. The predicted octanol–water partition coefficient (Wildman–Crippen LogP) is 2.29. The standard InChI is InChI=1S/C13H17ClN2O2/c1-10-3-5-11(6-4-10)9-16(2)13(18)15-12(17)7-8-14/h3-6H,7-9H2,1-2H3,(H,15,17,18). The molecule has 0 unspecified atom stereocenters. The Balaban J connectivity index is 2.49. The summed E-state index contributed by atoms with van der Waals surface area (Å²) in [6.07, 6.45) is 0.145. The predicted molar refractivity (Wildman–Crippen MR) is 71.5 cm³/mol. The molecule has 0 spiro atoms. The number of carbonyl (C=O) groups excluding carboxylic acids is 2. The Kier molecular flexibility index (Phi) is 5.65. The number of nitrogens with zero attached hydrogens (tertiary/aromatic N) is 1. The molecule has 0 heterocycles. The van der Waals surface area contributed by atoms with Crippen molar-refractivity contribution >= 4 is 23.5 Å². The number of alkyl halides is 1. The topological polar surface area (TPSA) is 49.4 Å². The number of urea groups is 1. The van der Waals surface area contributed by atoms with Crippen molar-refractivity contribution in [3.8, 4) is 0 Å². The normalized spacial score (nSPS) is 9.94. The monoisotopic (exact) mass is 268 g/mol. The maximum atomic E-state index is 11.7. The van der Waals surface area contributed by atoms with E-state index in [0.29, 0.717) is 6.54 Å². The molecule has 18 heavy (non-hydrogen) atoms. The number of carbonyl (C=O) groups is 2. The SMILES string of the molecule is Cc1ccc(CN(C)C(=O)NC(=O)CCCl)cc1. The van der Waals surface area contributed by atoms with Crippen LogP contribution in [0, 0.1) is 6.92 Å². The van der Waals surface area contributed by atoms with Gasteiger partial charge in [0.15, 0.2) is 0 Å². The Bertz CT molecular complexity index is 418. The second kappa shape index (κ2) is 7.01. The van der Waals surface area contributed by atoms with Crippen molar-refractivity contribution in [3.05, 3.63) is 35.4 Å². The smallest absolute Gasteiger partial charge is 0.323 e. The third-order valence-electron chi connectivity index (χ3n) is 2.45. The van der Waals surface area contributed by atoms with E-state index in [-0.39, 0.29) is 18.2 Å². The van der Waals surface area contributed by atoms with Gasteiger partial charge in [0, 0.05) is 25.9 Å². The van der Waals surface area contributed by atoms with Gasteiger partial charge in [-0.05, 0) is 12.5 Å². The molecule has 3 amide bonds. The van der Waals surface area contributed by atoms with Crippen LogP contribution in [0.25, 0.3) is 0 Å². The molecule has 0 saturated carbocycles. The molecule has 0 fully saturated rings. The number of halogens is 1. The summed E-state index contributed by atoms with van der Waals surface area (Å²) in [7, 11) is 1.64. The van der Waals surface area contributed by atoms with Gasteiger partial charge in [0.05, 0.1) is 0 Å². The quantitative estimate of drug-likeness (QED) is 0.852. The highest BCUT2D eigenvalue weighted by atomic mass is 35.5. The van der Waals surface area contributed by atoms with Crippen LogP contribution in [0.1, 0.15) is 17.5 Å². The molecule has 0 saturated heterocycles. The summed E-state index contributed by atoms with van der Waals surface area (Å²) in [4.78, 5) is 24.3. The lowest BCUT2D eigenvalue weighted by Crippen LogP contribution is -2.40. The molecule has 0 atom stereocenters. The minimum Gasteiger partial charge on any atom is -0.323 e. The van der Waals surface area contributed by atoms with E-state index in [1.807, 2.05) is 31.2 Å². The van der Waals surface area contributed by atoms with Crippen molar-refractivity contribution in [1.82, 2.24) is 10.2 Å². The van der Waals surface area contributed by atoms with Crippen LogP contribution in [-0.4, -0.2) is 29.8 Å². The number of nitrogens with one attached hydrogen (secondary N) is 1. The Hall–Kier alpha value is -1.55. The highest BCUT2D eigenvalue weighted by Gasteiger charge is 2.12. The fraction of sp³-hybridized carbons (Fsp3) is 0.385. The van der Waals surface area contributed by atoms with Crippen molar-refractivity contribution < 1.29 is 9.59 Å². The number of benzene rings is 1. The highest BCUT2D eigenvalue weighted by Crippen LogP contribution is 2.05. The van der Waals surface area contributed by atoms with Crippen LogP contribution in [-0.2, 0) is 11.3 Å². The van der Waals surface area contributed by atoms with Gasteiger partial charge in [-0.1, -0.05) is 29.8 Å². The van der Waals surface area contributed by atoms with Crippen LogP contribution in [0.5, 0.6) is 0 Å². The van der Waals surface area contributed by atoms with Gasteiger partial charge in [-0.25, -0.2) is 4.79 Å². The van der Waals surface area contributed by atoms with E-state index in [4.69, 9.17) is 11.6 Å². The van der Waals surface area contributed by atoms with Crippen LogP contribution < -0.4 is 5.32 Å². The Morgan fingerprint density at radius 2 is 1.89 bits per heavy atom. The summed E-state index contributed by atoms with van der Waals surface area (Å²) in [6, 6.07) is 7.48. The summed E-state index contributed by atoms with van der Waals surface area (Å²) in [5, 5.41) is 2.28. The van der Waals surface area contributed by atoms with Gasteiger partial charge in [0.2, 0.25) is 5.91 Å². The molecule has 4 nitrogen and oxygen atoms in total. The van der Waals surface area contributed by atoms with Crippen LogP contribution >= 0.6 is 11.6 Å². The molecule has 1 aromatic carbocycles. The number of imide groups is 1. The molecule has 0 radical (unpaired) electrons. The van der Waals surface area contributed by atoms with Gasteiger partial charge in [-0.3, -0.25) is 10.1 Å². The maximum Gasteiger partial charge on any atom is 0.324 e. The van der Waals surface area contributed by atoms with E-state index in [1.54, 1.807) is 7.05 Å². The summed E-state index contributed by atoms with van der Waals surface area (Å²) in [6.45, 7) is 2.46. The molecule has 98 valence electrons. The fourth-order valence-electron chi connectivity index (χ4n) is 1.40. The second-order valence-electron chi connectivity index (χ2n) is 4.13.